The summed E-state index contributed by atoms with van der Waals surface area (Å²) in [5, 5.41) is 0. The Bertz CT molecular complexity index is 999. The maximum atomic E-state index is 14.1. The van der Waals surface area contributed by atoms with Crippen LogP contribution >= 0.6 is 0 Å². The molecule has 2 aromatic rings. The topological polar surface area (TPSA) is 48.0 Å². The van der Waals surface area contributed by atoms with E-state index in [1.54, 1.807) is 0 Å². The lowest BCUT2D eigenvalue weighted by atomic mass is 9.74. The highest BCUT2D eigenvalue weighted by atomic mass is 16.7. The average Bonchev–Trinajstić information content (AvgIpc) is 3.39. The molecule has 0 fully saturated rings. The second-order valence-electron chi connectivity index (χ2n) is 8.97. The quantitative estimate of drug-likeness (QED) is 0.644. The van der Waals surface area contributed by atoms with Gasteiger partial charge in [0.25, 0.3) is 0 Å². The van der Waals surface area contributed by atoms with Crippen LogP contribution in [0.4, 0.5) is 5.69 Å². The van der Waals surface area contributed by atoms with Gasteiger partial charge in [0.1, 0.15) is 17.8 Å². The summed E-state index contributed by atoms with van der Waals surface area (Å²) in [5.41, 5.74) is 3.51. The SMILES string of the molecule is CCCCCN1C(=O)C2(COc3cc4c(cc32)OCO4)c2c(CC(C)C)cccc21. The van der Waals surface area contributed by atoms with E-state index in [0.717, 1.165) is 54.8 Å². The third-order valence-electron chi connectivity index (χ3n) is 6.45. The van der Waals surface area contributed by atoms with Gasteiger partial charge >= 0.3 is 0 Å². The van der Waals surface area contributed by atoms with Crippen molar-refractivity contribution in [1.29, 1.82) is 0 Å². The molecule has 5 nitrogen and oxygen atoms in total. The number of unbranched alkanes of at least 4 members (excludes halogenated alkanes) is 2. The van der Waals surface area contributed by atoms with Crippen LogP contribution in [0, 0.1) is 5.92 Å². The molecule has 1 amide bonds. The number of carbonyl (C=O) groups is 1. The molecule has 3 aliphatic rings. The summed E-state index contributed by atoms with van der Waals surface area (Å²) >= 11 is 0. The smallest absolute Gasteiger partial charge is 0.245 e. The zero-order valence-electron chi connectivity index (χ0n) is 18.0. The molecule has 0 saturated heterocycles. The Hall–Kier alpha value is -2.69. The second-order valence-corrected chi connectivity index (χ2v) is 8.97. The number of hydrogen-bond acceptors (Lipinski definition) is 4. The van der Waals surface area contributed by atoms with Crippen LogP contribution in [0.2, 0.25) is 0 Å². The van der Waals surface area contributed by atoms with Gasteiger partial charge in [-0.15, -0.1) is 0 Å². The Morgan fingerprint density at radius 1 is 1.07 bits per heavy atom. The molecule has 0 N–H and O–H groups in total. The van der Waals surface area contributed by atoms with E-state index >= 15 is 0 Å². The molecule has 30 heavy (non-hydrogen) atoms. The first-order chi connectivity index (χ1) is 14.6. The highest BCUT2D eigenvalue weighted by Crippen LogP contribution is 2.56. The van der Waals surface area contributed by atoms with Crippen LogP contribution in [0.15, 0.2) is 30.3 Å². The number of amides is 1. The fourth-order valence-corrected chi connectivity index (χ4v) is 5.13. The first kappa shape index (κ1) is 19.3. The van der Waals surface area contributed by atoms with Crippen LogP contribution in [0.25, 0.3) is 0 Å². The van der Waals surface area contributed by atoms with E-state index in [-0.39, 0.29) is 12.7 Å². The third-order valence-corrected chi connectivity index (χ3v) is 6.45. The third kappa shape index (κ3) is 2.71. The van der Waals surface area contributed by atoms with Gasteiger partial charge in [0.2, 0.25) is 12.7 Å². The Labute approximate surface area is 177 Å². The molecule has 0 aromatic heterocycles. The van der Waals surface area contributed by atoms with Crippen molar-refractivity contribution in [3.8, 4) is 17.2 Å². The lowest BCUT2D eigenvalue weighted by Crippen LogP contribution is -2.43. The van der Waals surface area contributed by atoms with Crippen molar-refractivity contribution in [2.75, 3.05) is 24.8 Å². The fraction of sp³-hybridized carbons (Fsp3) is 0.480. The molecule has 1 spiro atoms. The van der Waals surface area contributed by atoms with E-state index in [2.05, 4.69) is 39.0 Å². The monoisotopic (exact) mass is 407 g/mol. The minimum Gasteiger partial charge on any atom is -0.491 e. The molecule has 3 heterocycles. The maximum absolute atomic E-state index is 14.1. The van der Waals surface area contributed by atoms with Crippen LogP contribution in [-0.2, 0) is 16.6 Å². The fourth-order valence-electron chi connectivity index (χ4n) is 5.13. The Morgan fingerprint density at radius 2 is 1.87 bits per heavy atom. The number of nitrogens with zero attached hydrogens (tertiary/aromatic N) is 1. The largest absolute Gasteiger partial charge is 0.491 e. The Kier molecular flexibility index (Phi) is 4.64. The number of benzene rings is 2. The summed E-state index contributed by atoms with van der Waals surface area (Å²) < 4.78 is 17.3. The van der Waals surface area contributed by atoms with Gasteiger partial charge in [-0.1, -0.05) is 45.7 Å². The zero-order chi connectivity index (χ0) is 20.9. The van der Waals surface area contributed by atoms with Gasteiger partial charge in [-0.2, -0.15) is 0 Å². The van der Waals surface area contributed by atoms with Gasteiger partial charge in [-0.3, -0.25) is 4.79 Å². The number of anilines is 1. The van der Waals surface area contributed by atoms with Crippen LogP contribution in [0.5, 0.6) is 17.2 Å². The number of rotatable bonds is 6. The van der Waals surface area contributed by atoms with E-state index in [1.807, 2.05) is 17.0 Å². The summed E-state index contributed by atoms with van der Waals surface area (Å²) in [5.74, 6) is 2.73. The molecule has 0 radical (unpaired) electrons. The molecule has 2 aromatic carbocycles. The summed E-state index contributed by atoms with van der Waals surface area (Å²) in [6.07, 6.45) is 4.17. The molecule has 5 heteroatoms. The number of hydrogen-bond donors (Lipinski definition) is 0. The predicted molar refractivity (Wildman–Crippen MR) is 116 cm³/mol. The van der Waals surface area contributed by atoms with Crippen LogP contribution in [-0.4, -0.2) is 25.9 Å². The van der Waals surface area contributed by atoms with E-state index in [4.69, 9.17) is 14.2 Å². The predicted octanol–water partition coefficient (Wildman–Crippen LogP) is 4.83. The van der Waals surface area contributed by atoms with Gasteiger partial charge in [0, 0.05) is 29.4 Å². The van der Waals surface area contributed by atoms with Gasteiger partial charge < -0.3 is 19.1 Å². The minimum absolute atomic E-state index is 0.127. The van der Waals surface area contributed by atoms with Crippen molar-refractivity contribution in [1.82, 2.24) is 0 Å². The summed E-state index contributed by atoms with van der Waals surface area (Å²) in [6.45, 7) is 7.91. The van der Waals surface area contributed by atoms with E-state index < -0.39 is 5.41 Å². The van der Waals surface area contributed by atoms with Gasteiger partial charge in [-0.05, 0) is 36.5 Å². The number of fused-ring (bicyclic) bond motifs is 5. The lowest BCUT2D eigenvalue weighted by Gasteiger charge is -2.24. The molecule has 158 valence electrons. The molecular weight excluding hydrogens is 378 g/mol. The highest BCUT2D eigenvalue weighted by Gasteiger charge is 2.58. The molecule has 0 aliphatic carbocycles. The Balaban J connectivity index is 1.68. The van der Waals surface area contributed by atoms with Crippen molar-refractivity contribution in [3.63, 3.8) is 0 Å². The summed E-state index contributed by atoms with van der Waals surface area (Å²) in [4.78, 5) is 16.1. The van der Waals surface area contributed by atoms with E-state index in [9.17, 15) is 4.79 Å². The van der Waals surface area contributed by atoms with Crippen LogP contribution < -0.4 is 19.1 Å². The maximum Gasteiger partial charge on any atom is 0.245 e. The molecular formula is C25H29NO4. The molecule has 1 atom stereocenters. The van der Waals surface area contributed by atoms with Crippen molar-refractivity contribution in [3.05, 3.63) is 47.0 Å². The molecule has 3 aliphatic heterocycles. The normalized spacial score (nSPS) is 20.8. The summed E-state index contributed by atoms with van der Waals surface area (Å²) in [6, 6.07) is 10.2. The van der Waals surface area contributed by atoms with Gasteiger partial charge in [0.05, 0.1) is 0 Å². The van der Waals surface area contributed by atoms with E-state index in [0.29, 0.717) is 24.0 Å². The molecule has 0 saturated carbocycles. The highest BCUT2D eigenvalue weighted by molar-refractivity contribution is 6.12. The first-order valence-electron chi connectivity index (χ1n) is 11.1. The van der Waals surface area contributed by atoms with Crippen molar-refractivity contribution in [2.45, 2.75) is 51.9 Å². The summed E-state index contributed by atoms with van der Waals surface area (Å²) in [7, 11) is 0. The molecule has 1 unspecified atom stereocenters. The first-order valence-corrected chi connectivity index (χ1v) is 11.1. The standard InChI is InChI=1S/C25H29NO4/c1-4-5-6-10-26-19-9-7-8-17(11-16(2)3)23(19)25(24(26)27)14-28-20-13-22-21(12-18(20)25)29-15-30-22/h7-9,12-13,16H,4-6,10-11,14-15H2,1-3H3. The van der Waals surface area contributed by atoms with Gasteiger partial charge in [0.15, 0.2) is 11.5 Å². The number of ether oxygens (including phenoxy) is 3. The van der Waals surface area contributed by atoms with Crippen LogP contribution in [0.1, 0.15) is 56.7 Å². The van der Waals surface area contributed by atoms with Crippen molar-refractivity contribution >= 4 is 11.6 Å². The van der Waals surface area contributed by atoms with Gasteiger partial charge in [-0.25, -0.2) is 0 Å². The van der Waals surface area contributed by atoms with Crippen molar-refractivity contribution in [2.24, 2.45) is 5.92 Å². The molecule has 0 bridgehead atoms. The number of carbonyl (C=O) groups excluding carboxylic acids is 1. The Morgan fingerprint density at radius 3 is 2.63 bits per heavy atom. The average molecular weight is 408 g/mol. The van der Waals surface area contributed by atoms with Crippen LogP contribution in [0.3, 0.4) is 0 Å². The lowest BCUT2D eigenvalue weighted by molar-refractivity contribution is -0.122. The molecule has 5 rings (SSSR count). The van der Waals surface area contributed by atoms with E-state index in [1.165, 1.54) is 5.56 Å². The second kappa shape index (κ2) is 7.22. The zero-order valence-corrected chi connectivity index (χ0v) is 18.0. The van der Waals surface area contributed by atoms with Crippen molar-refractivity contribution < 1.29 is 19.0 Å². The minimum atomic E-state index is -0.802.